The van der Waals surface area contributed by atoms with E-state index >= 15 is 0 Å². The Hall–Kier alpha value is -1.38. The molecule has 0 aliphatic carbocycles. The highest BCUT2D eigenvalue weighted by atomic mass is 15.0. The van der Waals surface area contributed by atoms with Crippen LogP contribution in [0.4, 0.5) is 0 Å². The molecule has 0 amide bonds. The van der Waals surface area contributed by atoms with Crippen LogP contribution < -0.4 is 0 Å². The zero-order valence-corrected chi connectivity index (χ0v) is 10.6. The third-order valence-corrected chi connectivity index (χ3v) is 1.86. The number of fused-ring (bicyclic) bond motifs is 1. The van der Waals surface area contributed by atoms with Crippen LogP contribution >= 0.6 is 0 Å². The van der Waals surface area contributed by atoms with Crippen LogP contribution in [-0.4, -0.2) is 14.5 Å². The molecule has 0 aromatic carbocycles. The lowest BCUT2D eigenvalue weighted by molar-refractivity contribution is 0.941. The first-order chi connectivity index (χ1) is 7.29. The van der Waals surface area contributed by atoms with Gasteiger partial charge in [-0.25, -0.2) is 9.97 Å². The maximum atomic E-state index is 4.15. The molecule has 0 fully saturated rings. The molecule has 0 radical (unpaired) electrons. The number of aromatic nitrogens is 3. The monoisotopic (exact) mass is 207 g/mol. The van der Waals surface area contributed by atoms with Crippen molar-refractivity contribution in [2.75, 3.05) is 0 Å². The average Bonchev–Trinajstić information content (AvgIpc) is 2.68. The zero-order chi connectivity index (χ0) is 11.8. The van der Waals surface area contributed by atoms with E-state index in [0.717, 1.165) is 16.7 Å². The van der Waals surface area contributed by atoms with E-state index in [0.29, 0.717) is 0 Å². The summed E-state index contributed by atoms with van der Waals surface area (Å²) in [6, 6.07) is 2.03. The van der Waals surface area contributed by atoms with Gasteiger partial charge >= 0.3 is 0 Å². The second kappa shape index (κ2) is 6.98. The molecule has 0 bridgehead atoms. The fraction of sp³-hybridized carbons (Fsp3) is 0.500. The molecule has 0 spiro atoms. The Kier molecular flexibility index (Phi) is 6.34. The number of hydrogen-bond acceptors (Lipinski definition) is 2. The van der Waals surface area contributed by atoms with E-state index in [9.17, 15) is 0 Å². The van der Waals surface area contributed by atoms with Gasteiger partial charge in [0.1, 0.15) is 12.0 Å². The van der Waals surface area contributed by atoms with Crippen LogP contribution in [0.3, 0.4) is 0 Å². The normalized spacial score (nSPS) is 8.67. The summed E-state index contributed by atoms with van der Waals surface area (Å²) in [5.41, 5.74) is 2.04. The van der Waals surface area contributed by atoms with Crippen molar-refractivity contribution in [1.29, 1.82) is 0 Å². The van der Waals surface area contributed by atoms with Gasteiger partial charge in [-0.3, -0.25) is 0 Å². The number of nitrogens with zero attached hydrogens (tertiary/aromatic N) is 3. The molecule has 15 heavy (non-hydrogen) atoms. The molecule has 84 valence electrons. The molecule has 0 saturated heterocycles. The predicted octanol–water partition coefficient (Wildman–Crippen LogP) is 3.33. The molecule has 2 aromatic rings. The van der Waals surface area contributed by atoms with Crippen molar-refractivity contribution < 1.29 is 0 Å². The Morgan fingerprint density at radius 2 is 1.67 bits per heavy atom. The Morgan fingerprint density at radius 1 is 1.07 bits per heavy atom. The van der Waals surface area contributed by atoms with Crippen molar-refractivity contribution in [3.8, 4) is 0 Å². The molecule has 2 heterocycles. The largest absolute Gasteiger partial charge is 0.335 e. The molecule has 0 aliphatic heterocycles. The molecule has 3 nitrogen and oxygen atoms in total. The highest BCUT2D eigenvalue weighted by molar-refractivity contribution is 5.77. The summed E-state index contributed by atoms with van der Waals surface area (Å²) in [7, 11) is 1.98. The summed E-state index contributed by atoms with van der Waals surface area (Å²) >= 11 is 0. The van der Waals surface area contributed by atoms with Gasteiger partial charge in [-0.1, -0.05) is 27.7 Å². The minimum absolute atomic E-state index is 0.998. The van der Waals surface area contributed by atoms with E-state index in [1.807, 2.05) is 58.5 Å². The number of rotatable bonds is 0. The van der Waals surface area contributed by atoms with Gasteiger partial charge in [0.15, 0.2) is 0 Å². The SMILES string of the molecule is CC.CC.Cc1ncnc2c1ccn2C. The highest BCUT2D eigenvalue weighted by Gasteiger charge is 2.00. The summed E-state index contributed by atoms with van der Waals surface area (Å²) in [5, 5.41) is 1.13. The smallest absolute Gasteiger partial charge is 0.143 e. The quantitative estimate of drug-likeness (QED) is 0.663. The van der Waals surface area contributed by atoms with Crippen molar-refractivity contribution >= 4 is 11.0 Å². The van der Waals surface area contributed by atoms with E-state index in [-0.39, 0.29) is 0 Å². The third-order valence-electron chi connectivity index (χ3n) is 1.86. The van der Waals surface area contributed by atoms with Crippen LogP contribution in [0.2, 0.25) is 0 Å². The van der Waals surface area contributed by atoms with Crippen LogP contribution in [0.15, 0.2) is 18.6 Å². The summed E-state index contributed by atoms with van der Waals surface area (Å²) in [5.74, 6) is 0. The van der Waals surface area contributed by atoms with E-state index in [1.54, 1.807) is 6.33 Å². The van der Waals surface area contributed by atoms with Gasteiger partial charge < -0.3 is 4.57 Å². The summed E-state index contributed by atoms with van der Waals surface area (Å²) in [4.78, 5) is 8.25. The van der Waals surface area contributed by atoms with Gasteiger partial charge in [0, 0.05) is 18.6 Å². The minimum Gasteiger partial charge on any atom is -0.335 e. The van der Waals surface area contributed by atoms with E-state index < -0.39 is 0 Å². The predicted molar refractivity (Wildman–Crippen MR) is 65.9 cm³/mol. The first kappa shape index (κ1) is 13.6. The fourth-order valence-corrected chi connectivity index (χ4v) is 1.20. The second-order valence-electron chi connectivity index (χ2n) is 2.62. The van der Waals surface area contributed by atoms with Crippen molar-refractivity contribution in [3.63, 3.8) is 0 Å². The molecule has 0 aliphatic rings. The van der Waals surface area contributed by atoms with E-state index in [2.05, 4.69) is 9.97 Å². The number of hydrogen-bond donors (Lipinski definition) is 0. The molecule has 0 unspecified atom stereocenters. The molecule has 2 rings (SSSR count). The Morgan fingerprint density at radius 3 is 2.20 bits per heavy atom. The van der Waals surface area contributed by atoms with Crippen LogP contribution in [0, 0.1) is 6.92 Å². The van der Waals surface area contributed by atoms with E-state index in [1.165, 1.54) is 0 Å². The van der Waals surface area contributed by atoms with Crippen molar-refractivity contribution in [2.24, 2.45) is 7.05 Å². The first-order valence-electron chi connectivity index (χ1n) is 5.51. The second-order valence-corrected chi connectivity index (χ2v) is 2.62. The molecule has 0 N–H and O–H groups in total. The van der Waals surface area contributed by atoms with Crippen molar-refractivity contribution in [2.45, 2.75) is 34.6 Å². The fourth-order valence-electron chi connectivity index (χ4n) is 1.20. The van der Waals surface area contributed by atoms with Gasteiger partial charge in [0.05, 0.1) is 5.69 Å². The van der Waals surface area contributed by atoms with Crippen LogP contribution in [0.5, 0.6) is 0 Å². The number of aryl methyl sites for hydroxylation is 2. The highest BCUT2D eigenvalue weighted by Crippen LogP contribution is 2.13. The van der Waals surface area contributed by atoms with Gasteiger partial charge in [0.25, 0.3) is 0 Å². The first-order valence-corrected chi connectivity index (χ1v) is 5.51. The van der Waals surface area contributed by atoms with Gasteiger partial charge in [-0.15, -0.1) is 0 Å². The Balaban J connectivity index is 0.000000442. The molecular formula is C12H21N3. The zero-order valence-electron chi connectivity index (χ0n) is 10.6. The summed E-state index contributed by atoms with van der Waals surface area (Å²) < 4.78 is 1.99. The Bertz CT molecular complexity index is 391. The van der Waals surface area contributed by atoms with Gasteiger partial charge in [-0.2, -0.15) is 0 Å². The standard InChI is InChI=1S/C8H9N3.2C2H6/c1-6-7-3-4-11(2)8(7)10-5-9-6;2*1-2/h3-5H,1-2H3;2*1-2H3. The maximum Gasteiger partial charge on any atom is 0.143 e. The summed E-state index contributed by atoms with van der Waals surface area (Å²) in [6.45, 7) is 9.99. The van der Waals surface area contributed by atoms with Crippen LogP contribution in [-0.2, 0) is 7.05 Å². The minimum atomic E-state index is 0.998. The van der Waals surface area contributed by atoms with Crippen LogP contribution in [0.1, 0.15) is 33.4 Å². The summed E-state index contributed by atoms with van der Waals surface area (Å²) in [6.07, 6.45) is 3.59. The molecule has 0 saturated carbocycles. The van der Waals surface area contributed by atoms with Crippen molar-refractivity contribution in [3.05, 3.63) is 24.3 Å². The average molecular weight is 207 g/mol. The molecule has 2 aromatic heterocycles. The van der Waals surface area contributed by atoms with Gasteiger partial charge in [-0.05, 0) is 13.0 Å². The van der Waals surface area contributed by atoms with Gasteiger partial charge in [0.2, 0.25) is 0 Å². The topological polar surface area (TPSA) is 30.7 Å². The van der Waals surface area contributed by atoms with Crippen molar-refractivity contribution in [1.82, 2.24) is 14.5 Å². The molecule has 3 heteroatoms. The molecule has 0 atom stereocenters. The molecular weight excluding hydrogens is 186 g/mol. The third kappa shape index (κ3) is 3.05. The lowest BCUT2D eigenvalue weighted by Gasteiger charge is -1.94. The lowest BCUT2D eigenvalue weighted by Crippen LogP contribution is -1.90. The van der Waals surface area contributed by atoms with Crippen LogP contribution in [0.25, 0.3) is 11.0 Å². The maximum absolute atomic E-state index is 4.15. The van der Waals surface area contributed by atoms with E-state index in [4.69, 9.17) is 0 Å². The lowest BCUT2D eigenvalue weighted by atomic mass is 10.3. The Labute approximate surface area is 92.2 Å².